The van der Waals surface area contributed by atoms with E-state index >= 15 is 0 Å². The third-order valence-electron chi connectivity index (χ3n) is 3.85. The van der Waals surface area contributed by atoms with Gasteiger partial charge in [0.2, 0.25) is 0 Å². The molecule has 1 aromatic rings. The number of rotatable bonds is 5. The number of aliphatic carboxylic acids is 1. The molecule has 11 heteroatoms. The number of ether oxygens (including phenoxy) is 1. The zero-order valence-corrected chi connectivity index (χ0v) is 15.8. The molecule has 2 heterocycles. The Bertz CT molecular complexity index is 873. The standard InChI is InChI=1S/C15H15ClN2O6S2/c16-9-3-1-2-4-10(9)18-11-7-26(22,23)8-12(11)25-15(18)17-13(19)5-24-6-14(20)21/h1-4,11-12H,5-8H2,(H,20,21)/t11-,12-/m0/s1. The molecule has 8 nitrogen and oxygen atoms in total. The normalized spacial score (nSPS) is 25.4. The van der Waals surface area contributed by atoms with Crippen molar-refractivity contribution in [2.75, 3.05) is 29.6 Å². The third kappa shape index (κ3) is 4.20. The van der Waals surface area contributed by atoms with E-state index in [2.05, 4.69) is 4.99 Å². The summed E-state index contributed by atoms with van der Waals surface area (Å²) in [4.78, 5) is 28.1. The average molecular weight is 419 g/mol. The van der Waals surface area contributed by atoms with Crippen molar-refractivity contribution in [3.05, 3.63) is 29.3 Å². The van der Waals surface area contributed by atoms with Gasteiger partial charge in [0, 0.05) is 5.25 Å². The summed E-state index contributed by atoms with van der Waals surface area (Å²) in [6.07, 6.45) is 0. The van der Waals surface area contributed by atoms with Crippen molar-refractivity contribution in [3.63, 3.8) is 0 Å². The molecule has 0 aliphatic carbocycles. The number of benzene rings is 1. The molecule has 1 amide bonds. The first-order chi connectivity index (χ1) is 12.3. The molecule has 2 aliphatic rings. The number of aliphatic imine (C=N–C) groups is 1. The van der Waals surface area contributed by atoms with Crippen LogP contribution in [0.4, 0.5) is 5.69 Å². The predicted octanol–water partition coefficient (Wildman–Crippen LogP) is 1.04. The van der Waals surface area contributed by atoms with E-state index < -0.39 is 34.9 Å². The number of hydrogen-bond donors (Lipinski definition) is 1. The predicted molar refractivity (Wildman–Crippen MR) is 98.6 cm³/mol. The second kappa shape index (κ2) is 7.55. The van der Waals surface area contributed by atoms with Crippen LogP contribution in [0.25, 0.3) is 0 Å². The Kier molecular flexibility index (Phi) is 5.56. The minimum absolute atomic E-state index is 0.00596. The summed E-state index contributed by atoms with van der Waals surface area (Å²) in [7, 11) is -3.17. The number of amidine groups is 1. The Morgan fingerprint density at radius 3 is 2.73 bits per heavy atom. The summed E-state index contributed by atoms with van der Waals surface area (Å²) in [5.74, 6) is -1.86. The molecule has 26 heavy (non-hydrogen) atoms. The van der Waals surface area contributed by atoms with Gasteiger partial charge in [-0.1, -0.05) is 35.5 Å². The maximum absolute atomic E-state index is 12.0. The first-order valence-corrected chi connectivity index (χ1v) is 10.7. The zero-order chi connectivity index (χ0) is 18.9. The molecule has 0 aromatic heterocycles. The van der Waals surface area contributed by atoms with E-state index in [1.807, 2.05) is 0 Å². The van der Waals surface area contributed by atoms with Gasteiger partial charge in [-0.25, -0.2) is 13.2 Å². The van der Waals surface area contributed by atoms with Gasteiger partial charge in [0.15, 0.2) is 15.0 Å². The topological polar surface area (TPSA) is 113 Å². The number of sulfone groups is 1. The van der Waals surface area contributed by atoms with E-state index in [4.69, 9.17) is 21.4 Å². The van der Waals surface area contributed by atoms with E-state index in [1.54, 1.807) is 29.2 Å². The number of fused-ring (bicyclic) bond motifs is 1. The van der Waals surface area contributed by atoms with Gasteiger partial charge >= 0.3 is 5.97 Å². The lowest BCUT2D eigenvalue weighted by Crippen LogP contribution is -2.38. The molecule has 1 N–H and O–H groups in total. The molecule has 2 atom stereocenters. The largest absolute Gasteiger partial charge is 0.480 e. The molecule has 1 aromatic carbocycles. The molecule has 140 valence electrons. The Morgan fingerprint density at radius 2 is 2.04 bits per heavy atom. The molecule has 0 radical (unpaired) electrons. The van der Waals surface area contributed by atoms with E-state index in [0.29, 0.717) is 15.9 Å². The van der Waals surface area contributed by atoms with Crippen molar-refractivity contribution in [2.45, 2.75) is 11.3 Å². The van der Waals surface area contributed by atoms with Crippen molar-refractivity contribution < 1.29 is 27.9 Å². The number of thioether (sulfide) groups is 1. The molecule has 0 unspecified atom stereocenters. The fourth-order valence-electron chi connectivity index (χ4n) is 2.86. The lowest BCUT2D eigenvalue weighted by atomic mass is 10.2. The summed E-state index contributed by atoms with van der Waals surface area (Å²) < 4.78 is 28.7. The number of hydrogen-bond acceptors (Lipinski definition) is 6. The highest BCUT2D eigenvalue weighted by molar-refractivity contribution is 8.16. The molecule has 2 fully saturated rings. The summed E-state index contributed by atoms with van der Waals surface area (Å²) >= 11 is 7.46. The monoisotopic (exact) mass is 418 g/mol. The minimum atomic E-state index is -3.17. The summed E-state index contributed by atoms with van der Waals surface area (Å²) in [6, 6.07) is 6.55. The highest BCUT2D eigenvalue weighted by atomic mass is 35.5. The van der Waals surface area contributed by atoms with Crippen molar-refractivity contribution >= 4 is 55.9 Å². The Labute approximate surface area is 159 Å². The van der Waals surface area contributed by atoms with Crippen LogP contribution in [0.5, 0.6) is 0 Å². The Morgan fingerprint density at radius 1 is 1.31 bits per heavy atom. The number of carboxylic acid groups (broad SMARTS) is 1. The van der Waals surface area contributed by atoms with E-state index in [0.717, 1.165) is 0 Å². The lowest BCUT2D eigenvalue weighted by molar-refractivity contribution is -0.143. The van der Waals surface area contributed by atoms with Crippen LogP contribution < -0.4 is 4.90 Å². The Balaban J connectivity index is 1.87. The number of carbonyl (C=O) groups is 2. The van der Waals surface area contributed by atoms with Gasteiger partial charge in [0.05, 0.1) is 28.3 Å². The minimum Gasteiger partial charge on any atom is -0.480 e. The van der Waals surface area contributed by atoms with Crippen molar-refractivity contribution in [1.29, 1.82) is 0 Å². The van der Waals surface area contributed by atoms with E-state index in [1.165, 1.54) is 11.8 Å². The number of carbonyl (C=O) groups excluding carboxylic acids is 1. The smallest absolute Gasteiger partial charge is 0.329 e. The first-order valence-electron chi connectivity index (χ1n) is 7.59. The van der Waals surface area contributed by atoms with Crippen LogP contribution in [0.15, 0.2) is 29.3 Å². The zero-order valence-electron chi connectivity index (χ0n) is 13.4. The molecule has 0 saturated carbocycles. The van der Waals surface area contributed by atoms with Crippen LogP contribution in [0.1, 0.15) is 0 Å². The lowest BCUT2D eigenvalue weighted by Gasteiger charge is -2.25. The molecule has 3 rings (SSSR count). The molecule has 0 bridgehead atoms. The SMILES string of the molecule is O=C(O)COCC(=O)N=C1S[C@H]2CS(=O)(=O)C[C@@H]2N1c1ccccc1Cl. The molecule has 0 spiro atoms. The molecular formula is C15H15ClN2O6S2. The molecule has 2 saturated heterocycles. The second-order valence-electron chi connectivity index (χ2n) is 5.80. The maximum atomic E-state index is 12.0. The van der Waals surface area contributed by atoms with Gasteiger partial charge in [0.1, 0.15) is 13.2 Å². The van der Waals surface area contributed by atoms with Crippen LogP contribution >= 0.6 is 23.4 Å². The highest BCUT2D eigenvalue weighted by Crippen LogP contribution is 2.42. The number of halogens is 1. The van der Waals surface area contributed by atoms with Crippen molar-refractivity contribution in [2.24, 2.45) is 4.99 Å². The number of amides is 1. The van der Waals surface area contributed by atoms with Crippen LogP contribution in [0.2, 0.25) is 5.02 Å². The molecule has 2 aliphatic heterocycles. The summed E-state index contributed by atoms with van der Waals surface area (Å²) in [6.45, 7) is -1.07. The van der Waals surface area contributed by atoms with Crippen LogP contribution in [-0.4, -0.2) is 66.6 Å². The van der Waals surface area contributed by atoms with Gasteiger partial charge in [-0.05, 0) is 12.1 Å². The second-order valence-corrected chi connectivity index (χ2v) is 9.56. The van der Waals surface area contributed by atoms with Crippen molar-refractivity contribution in [3.8, 4) is 0 Å². The van der Waals surface area contributed by atoms with Gasteiger partial charge in [-0.15, -0.1) is 0 Å². The number of para-hydroxylation sites is 1. The average Bonchev–Trinajstić information content (AvgIpc) is 2.98. The Hall–Kier alpha value is -1.62. The first kappa shape index (κ1) is 19.2. The molecular weight excluding hydrogens is 404 g/mol. The van der Waals surface area contributed by atoms with Crippen LogP contribution in [-0.2, 0) is 24.2 Å². The van der Waals surface area contributed by atoms with E-state index in [-0.39, 0.29) is 22.8 Å². The summed E-state index contributed by atoms with van der Waals surface area (Å²) in [5.41, 5.74) is 0.573. The van der Waals surface area contributed by atoms with Gasteiger partial charge in [-0.3, -0.25) is 4.79 Å². The quantitative estimate of drug-likeness (QED) is 0.754. The number of nitrogens with zero attached hydrogens (tertiary/aromatic N) is 2. The van der Waals surface area contributed by atoms with Gasteiger partial charge in [0.25, 0.3) is 5.91 Å². The number of anilines is 1. The fourth-order valence-corrected chi connectivity index (χ4v) is 7.01. The summed E-state index contributed by atoms with van der Waals surface area (Å²) in [5, 5.41) is 9.04. The maximum Gasteiger partial charge on any atom is 0.329 e. The number of carboxylic acids is 1. The van der Waals surface area contributed by atoms with Crippen molar-refractivity contribution in [1.82, 2.24) is 0 Å². The van der Waals surface area contributed by atoms with Crippen LogP contribution in [0, 0.1) is 0 Å². The van der Waals surface area contributed by atoms with Crippen LogP contribution in [0.3, 0.4) is 0 Å². The third-order valence-corrected chi connectivity index (χ3v) is 7.38. The van der Waals surface area contributed by atoms with E-state index in [9.17, 15) is 18.0 Å². The van der Waals surface area contributed by atoms with Gasteiger partial charge < -0.3 is 14.7 Å². The highest BCUT2D eigenvalue weighted by Gasteiger charge is 2.49. The fraction of sp³-hybridized carbons (Fsp3) is 0.400. The van der Waals surface area contributed by atoms with Gasteiger partial charge in [-0.2, -0.15) is 4.99 Å².